The molecular weight excluding hydrogens is 208 g/mol. The average molecular weight is 230 g/mol. The van der Waals surface area contributed by atoms with Crippen LogP contribution in [-0.2, 0) is 0 Å². The normalized spacial score (nSPS) is 9.12. The third kappa shape index (κ3) is 6.52. The fraction of sp³-hybridized carbons (Fsp3) is 0.467. The Kier molecular flexibility index (Phi) is 7.71. The molecule has 0 unspecified atom stereocenters. The van der Waals surface area contributed by atoms with Crippen LogP contribution < -0.4 is 0 Å². The first-order valence-corrected chi connectivity index (χ1v) is 5.86. The van der Waals surface area contributed by atoms with E-state index in [0.717, 1.165) is 0 Å². The molecule has 0 spiro atoms. The van der Waals surface area contributed by atoms with Crippen LogP contribution in [0.25, 0.3) is 0 Å². The Morgan fingerprint density at radius 1 is 1.24 bits per heavy atom. The maximum absolute atomic E-state index is 4.32. The van der Waals surface area contributed by atoms with Crippen molar-refractivity contribution in [3.8, 4) is 12.0 Å². The molecule has 0 fully saturated rings. The van der Waals surface area contributed by atoms with E-state index in [4.69, 9.17) is 0 Å². The van der Waals surface area contributed by atoms with Crippen molar-refractivity contribution in [3.63, 3.8) is 0 Å². The van der Waals surface area contributed by atoms with Gasteiger partial charge in [-0.05, 0) is 36.5 Å². The van der Waals surface area contributed by atoms with Crippen LogP contribution in [0.15, 0.2) is 23.3 Å². The number of pyridine rings is 1. The van der Waals surface area contributed by atoms with Gasteiger partial charge in [0.15, 0.2) is 0 Å². The van der Waals surface area contributed by atoms with Gasteiger partial charge in [-0.3, -0.25) is 4.98 Å². The topological polar surface area (TPSA) is 25.2 Å². The number of hydrogen-bond donors (Lipinski definition) is 0. The molecule has 0 aromatic carbocycles. The van der Waals surface area contributed by atoms with Crippen LogP contribution >= 0.6 is 0 Å². The maximum atomic E-state index is 4.32. The summed E-state index contributed by atoms with van der Waals surface area (Å²) in [7, 11) is 0. The molecule has 17 heavy (non-hydrogen) atoms. The lowest BCUT2D eigenvalue weighted by molar-refractivity contribution is 0.799. The molecule has 0 amide bonds. The molecule has 1 heterocycles. The van der Waals surface area contributed by atoms with Crippen molar-refractivity contribution in [1.29, 1.82) is 0 Å². The highest BCUT2D eigenvalue weighted by Gasteiger charge is 2.03. The summed E-state index contributed by atoms with van der Waals surface area (Å²) in [5.41, 5.74) is 2.58. The van der Waals surface area contributed by atoms with Gasteiger partial charge in [-0.15, -0.1) is 0 Å². The number of aromatic nitrogens is 1. The van der Waals surface area contributed by atoms with E-state index in [2.05, 4.69) is 68.5 Å². The van der Waals surface area contributed by atoms with Gasteiger partial charge in [0.25, 0.3) is 0 Å². The minimum atomic E-state index is 0.531. The second-order valence-electron chi connectivity index (χ2n) is 4.34. The van der Waals surface area contributed by atoms with Crippen LogP contribution in [0, 0.1) is 12.0 Å². The van der Waals surface area contributed by atoms with Crippen LogP contribution in [0.3, 0.4) is 0 Å². The summed E-state index contributed by atoms with van der Waals surface area (Å²) in [6.07, 6.45) is 1.91. The number of nitrogens with zero attached hydrogens (tertiary/aromatic N) is 2. The molecule has 0 aliphatic heterocycles. The fourth-order valence-corrected chi connectivity index (χ4v) is 1.22. The molecular formula is C15H22N2. The minimum Gasteiger partial charge on any atom is -0.261 e. The molecule has 0 bridgehead atoms. The molecule has 0 atom stereocenters. The van der Waals surface area contributed by atoms with Gasteiger partial charge in [0, 0.05) is 24.7 Å². The van der Waals surface area contributed by atoms with Gasteiger partial charge in [0.1, 0.15) is 0 Å². The van der Waals surface area contributed by atoms with E-state index in [0.29, 0.717) is 11.8 Å². The Balaban J connectivity index is 0.000000437. The molecule has 0 radical (unpaired) electrons. The van der Waals surface area contributed by atoms with E-state index in [1.165, 1.54) is 11.3 Å². The summed E-state index contributed by atoms with van der Waals surface area (Å²) < 4.78 is 0. The van der Waals surface area contributed by atoms with E-state index in [1.54, 1.807) is 6.92 Å². The first-order chi connectivity index (χ1) is 8.02. The molecule has 1 aromatic rings. The molecule has 1 aromatic heterocycles. The predicted molar refractivity (Wildman–Crippen MR) is 75.4 cm³/mol. The highest BCUT2D eigenvalue weighted by Crippen LogP contribution is 2.18. The molecule has 92 valence electrons. The molecule has 0 N–H and O–H groups in total. The Labute approximate surface area is 105 Å². The van der Waals surface area contributed by atoms with Crippen LogP contribution in [0.5, 0.6) is 0 Å². The summed E-state index contributed by atoms with van der Waals surface area (Å²) in [5.74, 6) is 3.67. The van der Waals surface area contributed by atoms with Gasteiger partial charge in [-0.25, -0.2) is 4.99 Å². The largest absolute Gasteiger partial charge is 0.261 e. The van der Waals surface area contributed by atoms with Crippen molar-refractivity contribution < 1.29 is 0 Å². The van der Waals surface area contributed by atoms with Gasteiger partial charge in [0.2, 0.25) is 0 Å². The summed E-state index contributed by atoms with van der Waals surface area (Å²) in [5, 5.41) is 0. The lowest BCUT2D eigenvalue weighted by Gasteiger charge is -2.08. The lowest BCUT2D eigenvalue weighted by Crippen LogP contribution is -1.95. The Morgan fingerprint density at radius 2 is 1.88 bits per heavy atom. The van der Waals surface area contributed by atoms with Crippen LogP contribution in [0.1, 0.15) is 57.7 Å². The SMILES string of the molecule is C=NC#CC.CC(C)c1ccnc(C(C)C)c1. The first-order valence-electron chi connectivity index (χ1n) is 5.86. The van der Waals surface area contributed by atoms with Crippen molar-refractivity contribution in [3.05, 3.63) is 29.6 Å². The Hall–Kier alpha value is -1.62. The van der Waals surface area contributed by atoms with Gasteiger partial charge >= 0.3 is 0 Å². The van der Waals surface area contributed by atoms with E-state index >= 15 is 0 Å². The standard InChI is InChI=1S/C11H17N.C4H5N/c1-8(2)10-5-6-12-11(7-10)9(3)4;1-3-4-5-2/h5-9H,1-4H3;2H2,1H3. The van der Waals surface area contributed by atoms with Gasteiger partial charge < -0.3 is 0 Å². The maximum Gasteiger partial charge on any atom is 0.0431 e. The predicted octanol–water partition coefficient (Wildman–Crippen LogP) is 4.00. The molecule has 1 rings (SSSR count). The summed E-state index contributed by atoms with van der Waals surface area (Å²) in [4.78, 5) is 7.56. The molecule has 0 aliphatic rings. The summed E-state index contributed by atoms with van der Waals surface area (Å²) in [6.45, 7) is 13.6. The van der Waals surface area contributed by atoms with Gasteiger partial charge in [-0.1, -0.05) is 33.6 Å². The first kappa shape index (κ1) is 15.4. The number of hydrogen-bond acceptors (Lipinski definition) is 2. The van der Waals surface area contributed by atoms with E-state index in [-0.39, 0.29) is 0 Å². The molecule has 2 nitrogen and oxygen atoms in total. The Morgan fingerprint density at radius 3 is 2.24 bits per heavy atom. The monoisotopic (exact) mass is 230 g/mol. The number of rotatable bonds is 2. The van der Waals surface area contributed by atoms with E-state index in [9.17, 15) is 0 Å². The number of aliphatic imine (C=N–C) groups is 1. The smallest absolute Gasteiger partial charge is 0.0431 e. The summed E-state index contributed by atoms with van der Waals surface area (Å²) in [6, 6.07) is 6.67. The molecule has 0 saturated carbocycles. The zero-order valence-electron chi connectivity index (χ0n) is 11.5. The van der Waals surface area contributed by atoms with Crippen LogP contribution in [-0.4, -0.2) is 11.7 Å². The minimum absolute atomic E-state index is 0.531. The molecule has 2 heteroatoms. The van der Waals surface area contributed by atoms with Crippen molar-refractivity contribution in [2.45, 2.75) is 46.5 Å². The molecule has 0 saturated heterocycles. The quantitative estimate of drug-likeness (QED) is 0.557. The van der Waals surface area contributed by atoms with Gasteiger partial charge in [-0.2, -0.15) is 0 Å². The third-order valence-electron chi connectivity index (χ3n) is 2.25. The zero-order chi connectivity index (χ0) is 13.3. The Bertz CT molecular complexity index is 372. The molecule has 0 aliphatic carbocycles. The average Bonchev–Trinajstić information content (AvgIpc) is 2.31. The van der Waals surface area contributed by atoms with Crippen molar-refractivity contribution in [2.75, 3.05) is 0 Å². The van der Waals surface area contributed by atoms with Crippen LogP contribution in [0.2, 0.25) is 0 Å². The third-order valence-corrected chi connectivity index (χ3v) is 2.25. The highest BCUT2D eigenvalue weighted by atomic mass is 14.7. The second-order valence-corrected chi connectivity index (χ2v) is 4.34. The van der Waals surface area contributed by atoms with Crippen molar-refractivity contribution >= 4 is 6.72 Å². The van der Waals surface area contributed by atoms with Crippen molar-refractivity contribution in [2.24, 2.45) is 4.99 Å². The highest BCUT2D eigenvalue weighted by molar-refractivity contribution is 5.27. The lowest BCUT2D eigenvalue weighted by atomic mass is 10.0. The van der Waals surface area contributed by atoms with Gasteiger partial charge in [0.05, 0.1) is 0 Å². The summed E-state index contributed by atoms with van der Waals surface area (Å²) >= 11 is 0. The van der Waals surface area contributed by atoms with E-state index < -0.39 is 0 Å². The fourth-order valence-electron chi connectivity index (χ4n) is 1.22. The zero-order valence-corrected chi connectivity index (χ0v) is 11.5. The van der Waals surface area contributed by atoms with Crippen LogP contribution in [0.4, 0.5) is 0 Å². The van der Waals surface area contributed by atoms with E-state index in [1.807, 2.05) is 6.20 Å². The van der Waals surface area contributed by atoms with Crippen molar-refractivity contribution in [1.82, 2.24) is 4.98 Å². The second kappa shape index (κ2) is 8.52.